The summed E-state index contributed by atoms with van der Waals surface area (Å²) in [6, 6.07) is 17.4. The van der Waals surface area contributed by atoms with E-state index in [0.29, 0.717) is 38.3 Å². The molecule has 2 heterocycles. The quantitative estimate of drug-likeness (QED) is 0.644. The first-order valence-electron chi connectivity index (χ1n) is 10.8. The van der Waals surface area contributed by atoms with Crippen molar-refractivity contribution in [1.82, 2.24) is 4.90 Å². The number of amides is 2. The molecule has 2 aliphatic heterocycles. The van der Waals surface area contributed by atoms with Gasteiger partial charge < -0.3 is 9.64 Å². The number of hydrogen-bond acceptors (Lipinski definition) is 4. The Morgan fingerprint density at radius 1 is 1.06 bits per heavy atom. The van der Waals surface area contributed by atoms with E-state index in [-0.39, 0.29) is 11.8 Å². The van der Waals surface area contributed by atoms with Crippen molar-refractivity contribution in [2.24, 2.45) is 0 Å². The van der Waals surface area contributed by atoms with Crippen LogP contribution in [0.2, 0.25) is 0 Å². The second-order valence-electron chi connectivity index (χ2n) is 8.98. The number of urea groups is 1. The van der Waals surface area contributed by atoms with Crippen LogP contribution in [0.3, 0.4) is 0 Å². The predicted octanol–water partition coefficient (Wildman–Crippen LogP) is 4.21. The third-order valence-corrected chi connectivity index (χ3v) is 9.56. The summed E-state index contributed by atoms with van der Waals surface area (Å²) >= 11 is 0. The number of nitrogens with zero attached hydrogens (tertiary/aromatic N) is 2. The molecule has 2 amide bonds. The molecule has 2 aliphatic rings. The van der Waals surface area contributed by atoms with E-state index in [1.54, 1.807) is 18.7 Å². The summed E-state index contributed by atoms with van der Waals surface area (Å²) in [5, 5.41) is 0. The van der Waals surface area contributed by atoms with Crippen molar-refractivity contribution in [2.75, 3.05) is 30.3 Å². The standard InChI is InChI=1S/C24H30N2O4S/c1-4-23(2,3)31(28,29)16-10-15-25-17-24(19-11-6-5-7-12-19)18-30-21-14-9-8-13-20(21)26(24)22(25)27/h5-9,11-14H,4,10,15-18H2,1-3H3. The Labute approximate surface area is 184 Å². The molecule has 166 valence electrons. The molecule has 0 bridgehead atoms. The average Bonchev–Trinajstić information content (AvgIpc) is 3.07. The van der Waals surface area contributed by atoms with Gasteiger partial charge in [-0.3, -0.25) is 4.90 Å². The molecule has 0 spiro atoms. The van der Waals surface area contributed by atoms with Crippen LogP contribution in [0.15, 0.2) is 54.6 Å². The largest absolute Gasteiger partial charge is 0.488 e. The summed E-state index contributed by atoms with van der Waals surface area (Å²) < 4.78 is 30.7. The van der Waals surface area contributed by atoms with E-state index in [0.717, 1.165) is 11.3 Å². The topological polar surface area (TPSA) is 66.9 Å². The van der Waals surface area contributed by atoms with Crippen molar-refractivity contribution in [2.45, 2.75) is 43.9 Å². The van der Waals surface area contributed by atoms with Crippen molar-refractivity contribution in [3.05, 3.63) is 60.2 Å². The van der Waals surface area contributed by atoms with E-state index in [1.807, 2.05) is 66.4 Å². The number of ether oxygens (including phenoxy) is 1. The van der Waals surface area contributed by atoms with E-state index in [1.165, 1.54) is 0 Å². The minimum atomic E-state index is -3.24. The van der Waals surface area contributed by atoms with Crippen LogP contribution in [-0.4, -0.2) is 49.5 Å². The van der Waals surface area contributed by atoms with Gasteiger partial charge in [0.1, 0.15) is 17.9 Å². The van der Waals surface area contributed by atoms with Crippen LogP contribution in [0.4, 0.5) is 10.5 Å². The second-order valence-corrected chi connectivity index (χ2v) is 11.7. The summed E-state index contributed by atoms with van der Waals surface area (Å²) in [6.07, 6.45) is 0.982. The number of fused-ring (bicyclic) bond motifs is 3. The third-order valence-electron chi connectivity index (χ3n) is 6.76. The number of carbonyl (C=O) groups excluding carboxylic acids is 1. The molecule has 1 atom stereocenters. The Morgan fingerprint density at radius 3 is 2.45 bits per heavy atom. The molecule has 7 heteroatoms. The smallest absolute Gasteiger partial charge is 0.325 e. The number of rotatable bonds is 7. The number of hydrogen-bond donors (Lipinski definition) is 0. The summed E-state index contributed by atoms with van der Waals surface area (Å²) in [4.78, 5) is 17.1. The lowest BCUT2D eigenvalue weighted by molar-refractivity contribution is 0.195. The normalized spacial score (nSPS) is 20.9. The van der Waals surface area contributed by atoms with Crippen molar-refractivity contribution in [3.63, 3.8) is 0 Å². The molecule has 0 aromatic heterocycles. The molecule has 0 N–H and O–H groups in total. The van der Waals surface area contributed by atoms with Crippen molar-refractivity contribution in [1.29, 1.82) is 0 Å². The van der Waals surface area contributed by atoms with Gasteiger partial charge in [-0.1, -0.05) is 49.4 Å². The van der Waals surface area contributed by atoms with Gasteiger partial charge in [-0.2, -0.15) is 0 Å². The predicted molar refractivity (Wildman–Crippen MR) is 122 cm³/mol. The van der Waals surface area contributed by atoms with Gasteiger partial charge in [0, 0.05) is 6.54 Å². The van der Waals surface area contributed by atoms with E-state index in [4.69, 9.17) is 4.74 Å². The van der Waals surface area contributed by atoms with E-state index >= 15 is 0 Å². The molecule has 1 saturated heterocycles. The number of para-hydroxylation sites is 2. The van der Waals surface area contributed by atoms with Gasteiger partial charge in [-0.05, 0) is 44.4 Å². The zero-order valence-corrected chi connectivity index (χ0v) is 19.2. The maximum absolute atomic E-state index is 13.5. The molecule has 0 aliphatic carbocycles. The molecule has 4 rings (SSSR count). The Balaban J connectivity index is 1.61. The van der Waals surface area contributed by atoms with Crippen LogP contribution in [-0.2, 0) is 15.4 Å². The zero-order chi connectivity index (χ0) is 22.3. The Kier molecular flexibility index (Phi) is 5.50. The Morgan fingerprint density at radius 2 is 1.74 bits per heavy atom. The van der Waals surface area contributed by atoms with Crippen LogP contribution in [0.25, 0.3) is 0 Å². The van der Waals surface area contributed by atoms with E-state index in [9.17, 15) is 13.2 Å². The van der Waals surface area contributed by atoms with Crippen molar-refractivity contribution < 1.29 is 17.9 Å². The lowest BCUT2D eigenvalue weighted by Crippen LogP contribution is -2.51. The number of carbonyl (C=O) groups is 1. The van der Waals surface area contributed by atoms with Gasteiger partial charge in [0.05, 0.1) is 22.7 Å². The van der Waals surface area contributed by atoms with E-state index in [2.05, 4.69) is 0 Å². The monoisotopic (exact) mass is 442 g/mol. The third kappa shape index (κ3) is 3.59. The van der Waals surface area contributed by atoms with Gasteiger partial charge >= 0.3 is 6.03 Å². The number of sulfone groups is 1. The van der Waals surface area contributed by atoms with Crippen LogP contribution in [0, 0.1) is 0 Å². The van der Waals surface area contributed by atoms with Gasteiger partial charge in [0.2, 0.25) is 0 Å². The highest BCUT2D eigenvalue weighted by Crippen LogP contribution is 2.47. The van der Waals surface area contributed by atoms with E-state index < -0.39 is 20.1 Å². The molecule has 0 saturated carbocycles. The van der Waals surface area contributed by atoms with Gasteiger partial charge in [-0.25, -0.2) is 13.2 Å². The van der Waals surface area contributed by atoms with Gasteiger partial charge in [0.25, 0.3) is 0 Å². The minimum absolute atomic E-state index is 0.0725. The first-order chi connectivity index (χ1) is 14.7. The molecule has 6 nitrogen and oxygen atoms in total. The summed E-state index contributed by atoms with van der Waals surface area (Å²) in [5.74, 6) is 0.764. The van der Waals surface area contributed by atoms with Gasteiger partial charge in [-0.15, -0.1) is 0 Å². The molecular formula is C24H30N2O4S. The average molecular weight is 443 g/mol. The Hall–Kier alpha value is -2.54. The van der Waals surface area contributed by atoms with Crippen LogP contribution in [0.5, 0.6) is 5.75 Å². The highest BCUT2D eigenvalue weighted by atomic mass is 32.2. The Bertz CT molecular complexity index is 1070. The number of benzene rings is 2. The molecule has 2 aromatic rings. The highest BCUT2D eigenvalue weighted by Gasteiger charge is 2.54. The molecule has 2 aromatic carbocycles. The second kappa shape index (κ2) is 7.86. The van der Waals surface area contributed by atoms with Crippen LogP contribution >= 0.6 is 0 Å². The fourth-order valence-electron chi connectivity index (χ4n) is 4.35. The van der Waals surface area contributed by atoms with Crippen molar-refractivity contribution >= 4 is 21.6 Å². The van der Waals surface area contributed by atoms with Crippen LogP contribution < -0.4 is 9.64 Å². The lowest BCUT2D eigenvalue weighted by Gasteiger charge is -2.41. The maximum Gasteiger partial charge on any atom is 0.325 e. The molecular weight excluding hydrogens is 412 g/mol. The fraction of sp³-hybridized carbons (Fsp3) is 0.458. The molecule has 0 radical (unpaired) electrons. The van der Waals surface area contributed by atoms with Crippen LogP contribution in [0.1, 0.15) is 39.2 Å². The summed E-state index contributed by atoms with van der Waals surface area (Å²) in [6.45, 7) is 6.63. The van der Waals surface area contributed by atoms with Gasteiger partial charge in [0.15, 0.2) is 9.84 Å². The first kappa shape index (κ1) is 21.7. The molecule has 1 unspecified atom stereocenters. The molecule has 1 fully saturated rings. The number of anilines is 1. The van der Waals surface area contributed by atoms with Crippen molar-refractivity contribution in [3.8, 4) is 5.75 Å². The SMILES string of the molecule is CCC(C)(C)S(=O)(=O)CCCN1CC2(c3ccccc3)COc3ccccc3N2C1=O. The zero-order valence-electron chi connectivity index (χ0n) is 18.4. The minimum Gasteiger partial charge on any atom is -0.488 e. The molecule has 31 heavy (non-hydrogen) atoms. The fourth-order valence-corrected chi connectivity index (χ4v) is 5.85. The summed E-state index contributed by atoms with van der Waals surface area (Å²) in [5.41, 5.74) is 1.14. The maximum atomic E-state index is 13.5. The lowest BCUT2D eigenvalue weighted by atomic mass is 9.88. The summed E-state index contributed by atoms with van der Waals surface area (Å²) in [7, 11) is -3.24. The highest BCUT2D eigenvalue weighted by molar-refractivity contribution is 7.92. The first-order valence-corrected chi connectivity index (χ1v) is 12.5.